The van der Waals surface area contributed by atoms with Gasteiger partial charge in [0, 0.05) is 30.9 Å². The monoisotopic (exact) mass is 458 g/mol. The summed E-state index contributed by atoms with van der Waals surface area (Å²) in [7, 11) is -2.49. The fraction of sp³-hybridized carbons (Fsp3) is 0.368. The molecule has 0 spiro atoms. The van der Waals surface area contributed by atoms with E-state index >= 15 is 0 Å². The van der Waals surface area contributed by atoms with Crippen LogP contribution in [0.15, 0.2) is 41.4 Å². The van der Waals surface area contributed by atoms with Crippen LogP contribution in [0.1, 0.15) is 28.8 Å². The van der Waals surface area contributed by atoms with Gasteiger partial charge in [-0.25, -0.2) is 18.1 Å². The van der Waals surface area contributed by atoms with E-state index in [1.54, 1.807) is 0 Å². The Morgan fingerprint density at radius 2 is 1.94 bits per heavy atom. The van der Waals surface area contributed by atoms with E-state index in [0.717, 1.165) is 25.1 Å². The predicted molar refractivity (Wildman–Crippen MR) is 106 cm³/mol. The van der Waals surface area contributed by atoms with E-state index in [0.29, 0.717) is 0 Å². The van der Waals surface area contributed by atoms with E-state index in [2.05, 4.69) is 20.3 Å². The normalized spacial score (nSPS) is 14.2. The Kier molecular flexibility index (Phi) is 6.70. The summed E-state index contributed by atoms with van der Waals surface area (Å²) in [5, 5.41) is 5.40. The Bertz CT molecular complexity index is 1040. The molecule has 0 unspecified atom stereocenters. The molecule has 3 rings (SSSR count). The molecule has 1 fully saturated rings. The third kappa shape index (κ3) is 6.07. The highest BCUT2D eigenvalue weighted by molar-refractivity contribution is 7.89. The number of ether oxygens (including phenoxy) is 1. The van der Waals surface area contributed by atoms with E-state index in [1.165, 1.54) is 31.4 Å². The van der Waals surface area contributed by atoms with E-state index in [4.69, 9.17) is 4.74 Å². The van der Waals surface area contributed by atoms with Crippen LogP contribution in [0.25, 0.3) is 0 Å². The summed E-state index contributed by atoms with van der Waals surface area (Å²) in [6.45, 7) is 0.338. The van der Waals surface area contributed by atoms with Crippen LogP contribution >= 0.6 is 0 Å². The van der Waals surface area contributed by atoms with Crippen molar-refractivity contribution < 1.29 is 31.1 Å². The molecular formula is C19H21F3N4O4S. The number of aromatic nitrogens is 1. The number of amides is 1. The molecule has 1 saturated carbocycles. The molecule has 1 amide bonds. The molecule has 0 bridgehead atoms. The number of anilines is 1. The minimum atomic E-state index is -4.46. The van der Waals surface area contributed by atoms with Crippen LogP contribution in [0.4, 0.5) is 19.0 Å². The number of sulfonamides is 1. The molecule has 3 N–H and O–H groups in total. The van der Waals surface area contributed by atoms with Gasteiger partial charge in [0.1, 0.15) is 16.5 Å². The molecule has 1 aliphatic rings. The zero-order valence-corrected chi connectivity index (χ0v) is 17.3. The Morgan fingerprint density at radius 3 is 2.52 bits per heavy atom. The first-order valence-corrected chi connectivity index (χ1v) is 10.8. The third-order valence-electron chi connectivity index (χ3n) is 4.42. The molecule has 1 aromatic heterocycles. The number of carbonyl (C=O) groups is 1. The largest absolute Gasteiger partial charge is 0.495 e. The molecule has 168 valence electrons. The van der Waals surface area contributed by atoms with Gasteiger partial charge in [-0.15, -0.1) is 0 Å². The van der Waals surface area contributed by atoms with Crippen LogP contribution in [0, 0.1) is 0 Å². The van der Waals surface area contributed by atoms with Gasteiger partial charge in [-0.05, 0) is 43.2 Å². The SMILES string of the molecule is COc1ccc(C(=O)NCCNc2ccc(C(F)(F)F)cn2)cc1S(=O)(=O)NC1CC1. The lowest BCUT2D eigenvalue weighted by atomic mass is 10.2. The van der Waals surface area contributed by atoms with Gasteiger partial charge in [0.25, 0.3) is 5.91 Å². The van der Waals surface area contributed by atoms with Gasteiger partial charge in [0.15, 0.2) is 0 Å². The highest BCUT2D eigenvalue weighted by Crippen LogP contribution is 2.29. The van der Waals surface area contributed by atoms with Crippen molar-refractivity contribution in [3.63, 3.8) is 0 Å². The van der Waals surface area contributed by atoms with Crippen molar-refractivity contribution >= 4 is 21.7 Å². The van der Waals surface area contributed by atoms with Crippen molar-refractivity contribution in [1.82, 2.24) is 15.0 Å². The maximum Gasteiger partial charge on any atom is 0.417 e. The van der Waals surface area contributed by atoms with Crippen LogP contribution in [-0.2, 0) is 16.2 Å². The minimum Gasteiger partial charge on any atom is -0.495 e. The molecule has 0 saturated heterocycles. The van der Waals surface area contributed by atoms with Crippen molar-refractivity contribution in [3.8, 4) is 5.75 Å². The number of benzene rings is 1. The average Bonchev–Trinajstić information content (AvgIpc) is 3.53. The molecule has 1 heterocycles. The standard InChI is InChI=1S/C19H21F3N4O4S/c1-30-15-6-2-12(10-16(15)31(28,29)26-14-4-5-14)18(27)24-9-8-23-17-7-3-13(11-25-17)19(20,21)22/h2-3,6-7,10-11,14,26H,4-5,8-9H2,1H3,(H,23,25)(H,24,27). The Labute approximate surface area is 177 Å². The lowest BCUT2D eigenvalue weighted by Gasteiger charge is -2.13. The summed E-state index contributed by atoms with van der Waals surface area (Å²) in [5.74, 6) is -0.154. The summed E-state index contributed by atoms with van der Waals surface area (Å²) in [4.78, 5) is 15.9. The van der Waals surface area contributed by atoms with Crippen molar-refractivity contribution in [2.45, 2.75) is 30.0 Å². The molecule has 0 atom stereocenters. The predicted octanol–water partition coefficient (Wildman–Crippen LogP) is 2.39. The number of hydrogen-bond donors (Lipinski definition) is 3. The summed E-state index contributed by atoms with van der Waals surface area (Å²) < 4.78 is 70.3. The zero-order valence-electron chi connectivity index (χ0n) is 16.5. The maximum absolute atomic E-state index is 12.5. The second-order valence-electron chi connectivity index (χ2n) is 6.87. The highest BCUT2D eigenvalue weighted by atomic mass is 32.2. The maximum atomic E-state index is 12.5. The molecule has 1 aromatic carbocycles. The van der Waals surface area contributed by atoms with Gasteiger partial charge in [-0.1, -0.05) is 0 Å². The number of alkyl halides is 3. The average molecular weight is 458 g/mol. The lowest BCUT2D eigenvalue weighted by molar-refractivity contribution is -0.137. The number of halogens is 3. The Morgan fingerprint density at radius 1 is 1.19 bits per heavy atom. The van der Waals surface area contributed by atoms with Crippen molar-refractivity contribution in [2.24, 2.45) is 0 Å². The number of hydrogen-bond acceptors (Lipinski definition) is 6. The number of pyridine rings is 1. The second kappa shape index (κ2) is 9.10. The fourth-order valence-electron chi connectivity index (χ4n) is 2.65. The first-order chi connectivity index (χ1) is 14.6. The highest BCUT2D eigenvalue weighted by Gasteiger charge is 2.31. The number of nitrogens with zero attached hydrogens (tertiary/aromatic N) is 1. The summed E-state index contributed by atoms with van der Waals surface area (Å²) >= 11 is 0. The minimum absolute atomic E-state index is 0.0999. The van der Waals surface area contributed by atoms with Gasteiger partial charge in [0.05, 0.1) is 12.7 Å². The molecule has 1 aliphatic carbocycles. The molecule has 2 aromatic rings. The molecule has 0 aliphatic heterocycles. The van der Waals surface area contributed by atoms with E-state index < -0.39 is 27.7 Å². The van der Waals surface area contributed by atoms with Crippen molar-refractivity contribution in [3.05, 3.63) is 47.7 Å². The van der Waals surface area contributed by atoms with Crippen LogP contribution < -0.4 is 20.1 Å². The van der Waals surface area contributed by atoms with Crippen molar-refractivity contribution in [2.75, 3.05) is 25.5 Å². The number of nitrogens with one attached hydrogen (secondary N) is 3. The van der Waals surface area contributed by atoms with E-state index in [1.807, 2.05) is 0 Å². The summed E-state index contributed by atoms with van der Waals surface area (Å²) in [5.41, 5.74) is -0.725. The van der Waals surface area contributed by atoms with Crippen LogP contribution in [0.2, 0.25) is 0 Å². The smallest absolute Gasteiger partial charge is 0.417 e. The summed E-state index contributed by atoms with van der Waals surface area (Å²) in [6, 6.07) is 6.08. The van der Waals surface area contributed by atoms with E-state index in [9.17, 15) is 26.4 Å². The topological polar surface area (TPSA) is 109 Å². The van der Waals surface area contributed by atoms with E-state index in [-0.39, 0.29) is 41.2 Å². The van der Waals surface area contributed by atoms with Crippen LogP contribution in [-0.4, -0.2) is 45.6 Å². The number of carbonyl (C=O) groups excluding carboxylic acids is 1. The van der Waals surface area contributed by atoms with Crippen LogP contribution in [0.3, 0.4) is 0 Å². The first-order valence-electron chi connectivity index (χ1n) is 9.36. The quantitative estimate of drug-likeness (QED) is 0.498. The van der Waals surface area contributed by atoms with Gasteiger partial charge >= 0.3 is 6.18 Å². The molecule has 8 nitrogen and oxygen atoms in total. The Hall–Kier alpha value is -2.86. The second-order valence-corrected chi connectivity index (χ2v) is 8.56. The molecule has 31 heavy (non-hydrogen) atoms. The zero-order chi connectivity index (χ0) is 22.6. The number of rotatable bonds is 9. The van der Waals surface area contributed by atoms with Gasteiger partial charge in [-0.3, -0.25) is 4.79 Å². The molecular weight excluding hydrogens is 437 g/mol. The van der Waals surface area contributed by atoms with Gasteiger partial charge < -0.3 is 15.4 Å². The first kappa shape index (κ1) is 22.8. The summed E-state index contributed by atoms with van der Waals surface area (Å²) in [6.07, 6.45) is -2.21. The van der Waals surface area contributed by atoms with Gasteiger partial charge in [0.2, 0.25) is 10.0 Å². The molecule has 0 radical (unpaired) electrons. The lowest BCUT2D eigenvalue weighted by Crippen LogP contribution is -2.30. The number of methoxy groups -OCH3 is 1. The fourth-order valence-corrected chi connectivity index (χ4v) is 4.15. The van der Waals surface area contributed by atoms with Crippen molar-refractivity contribution in [1.29, 1.82) is 0 Å². The third-order valence-corrected chi connectivity index (χ3v) is 5.96. The van der Waals surface area contributed by atoms with Gasteiger partial charge in [-0.2, -0.15) is 13.2 Å². The molecule has 12 heteroatoms. The Balaban J connectivity index is 1.57. The van der Waals surface area contributed by atoms with Crippen LogP contribution in [0.5, 0.6) is 5.75 Å².